The molecule has 3 heterocycles. The summed E-state index contributed by atoms with van der Waals surface area (Å²) < 4.78 is 2.91. The first kappa shape index (κ1) is 19.6. The largest absolute Gasteiger partial charge is 0.278 e. The van der Waals surface area contributed by atoms with Crippen LogP contribution in [0, 0.1) is 13.8 Å². The first-order valence-electron chi connectivity index (χ1n) is 10.1. The molecule has 7 nitrogen and oxygen atoms in total. The lowest BCUT2D eigenvalue weighted by Crippen LogP contribution is -2.15. The molecule has 5 rings (SSSR count). The molecular formula is C25H19N5O2. The first-order chi connectivity index (χ1) is 15.5. The van der Waals surface area contributed by atoms with Gasteiger partial charge in [0, 0.05) is 28.6 Å². The summed E-state index contributed by atoms with van der Waals surface area (Å²) in [6, 6.07) is 21.5. The standard InChI is InChI=1S/C25H19N5O2/c1-16-15-17(2)30(28-16)25(32)20-12-10-18(11-13-20)22-27-21-9-6-14-26-23(21)29(22)24(31)19-7-4-3-5-8-19/h3-15H,1-2H3. The van der Waals surface area contributed by atoms with Gasteiger partial charge in [0.25, 0.3) is 11.8 Å². The Morgan fingerprint density at radius 2 is 1.53 bits per heavy atom. The molecule has 0 bridgehead atoms. The number of benzene rings is 2. The Balaban J connectivity index is 1.59. The van der Waals surface area contributed by atoms with E-state index >= 15 is 0 Å². The summed E-state index contributed by atoms with van der Waals surface area (Å²) in [4.78, 5) is 35.2. The maximum atomic E-state index is 13.3. The number of carbonyl (C=O) groups excluding carboxylic acids is 2. The second kappa shape index (κ2) is 7.70. The highest BCUT2D eigenvalue weighted by Crippen LogP contribution is 2.25. The number of aryl methyl sites for hydroxylation is 2. The summed E-state index contributed by atoms with van der Waals surface area (Å²) >= 11 is 0. The maximum Gasteiger partial charge on any atom is 0.278 e. The highest BCUT2D eigenvalue weighted by Gasteiger charge is 2.21. The van der Waals surface area contributed by atoms with Crippen LogP contribution in [0.3, 0.4) is 0 Å². The van der Waals surface area contributed by atoms with Crippen LogP contribution in [0.1, 0.15) is 32.1 Å². The zero-order valence-electron chi connectivity index (χ0n) is 17.6. The number of hydrogen-bond donors (Lipinski definition) is 0. The number of nitrogens with zero attached hydrogens (tertiary/aromatic N) is 5. The van der Waals surface area contributed by atoms with Gasteiger partial charge in [-0.2, -0.15) is 5.10 Å². The SMILES string of the molecule is Cc1cc(C)n(C(=O)c2ccc(-c3nc4cccnc4n3C(=O)c3ccccc3)cc2)n1. The van der Waals surface area contributed by atoms with Gasteiger partial charge in [0.15, 0.2) is 5.65 Å². The van der Waals surface area contributed by atoms with Crippen molar-refractivity contribution in [3.63, 3.8) is 0 Å². The molecule has 0 radical (unpaired) electrons. The predicted octanol–water partition coefficient (Wildman–Crippen LogP) is 4.29. The van der Waals surface area contributed by atoms with Crippen LogP contribution in [0.5, 0.6) is 0 Å². The van der Waals surface area contributed by atoms with Crippen molar-refractivity contribution < 1.29 is 9.59 Å². The smallest absolute Gasteiger partial charge is 0.268 e. The van der Waals surface area contributed by atoms with E-state index in [0.29, 0.717) is 33.7 Å². The Morgan fingerprint density at radius 1 is 0.812 bits per heavy atom. The van der Waals surface area contributed by atoms with E-state index in [1.165, 1.54) is 9.25 Å². The van der Waals surface area contributed by atoms with E-state index in [1.807, 2.05) is 44.2 Å². The van der Waals surface area contributed by atoms with E-state index in [0.717, 1.165) is 11.4 Å². The number of carbonyl (C=O) groups is 2. The molecule has 0 unspecified atom stereocenters. The molecule has 0 atom stereocenters. The molecule has 3 aromatic heterocycles. The normalized spacial score (nSPS) is 11.1. The summed E-state index contributed by atoms with van der Waals surface area (Å²) in [7, 11) is 0. The van der Waals surface area contributed by atoms with Gasteiger partial charge in [-0.15, -0.1) is 0 Å². The van der Waals surface area contributed by atoms with Gasteiger partial charge >= 0.3 is 0 Å². The molecule has 0 aliphatic rings. The average Bonchev–Trinajstić information content (AvgIpc) is 3.38. The third kappa shape index (κ3) is 3.30. The Bertz CT molecular complexity index is 1460. The van der Waals surface area contributed by atoms with Crippen LogP contribution < -0.4 is 0 Å². The van der Waals surface area contributed by atoms with Crippen molar-refractivity contribution in [3.8, 4) is 11.4 Å². The first-order valence-corrected chi connectivity index (χ1v) is 10.1. The highest BCUT2D eigenvalue weighted by atomic mass is 16.2. The molecule has 156 valence electrons. The fraction of sp³-hybridized carbons (Fsp3) is 0.0800. The molecule has 32 heavy (non-hydrogen) atoms. The Morgan fingerprint density at radius 3 is 2.22 bits per heavy atom. The van der Waals surface area contributed by atoms with Crippen molar-refractivity contribution in [2.75, 3.05) is 0 Å². The van der Waals surface area contributed by atoms with E-state index in [1.54, 1.807) is 48.7 Å². The van der Waals surface area contributed by atoms with Gasteiger partial charge in [-0.1, -0.05) is 30.3 Å². The van der Waals surface area contributed by atoms with E-state index in [2.05, 4.69) is 15.1 Å². The zero-order valence-corrected chi connectivity index (χ0v) is 17.6. The Hall–Kier alpha value is -4.39. The monoisotopic (exact) mass is 421 g/mol. The van der Waals surface area contributed by atoms with Gasteiger partial charge < -0.3 is 0 Å². The van der Waals surface area contributed by atoms with Gasteiger partial charge in [-0.25, -0.2) is 19.2 Å². The molecule has 0 spiro atoms. The van der Waals surface area contributed by atoms with Crippen LogP contribution >= 0.6 is 0 Å². The number of pyridine rings is 1. The molecule has 0 amide bonds. The second-order valence-electron chi connectivity index (χ2n) is 7.51. The van der Waals surface area contributed by atoms with Crippen LogP contribution in [0.25, 0.3) is 22.6 Å². The molecule has 2 aromatic carbocycles. The fourth-order valence-electron chi connectivity index (χ4n) is 3.73. The van der Waals surface area contributed by atoms with Crippen LogP contribution in [-0.4, -0.2) is 36.1 Å². The van der Waals surface area contributed by atoms with Crippen LogP contribution in [-0.2, 0) is 0 Å². The maximum absolute atomic E-state index is 13.3. The Kier molecular flexibility index (Phi) is 4.71. The number of hydrogen-bond acceptors (Lipinski definition) is 5. The van der Waals surface area contributed by atoms with Gasteiger partial charge in [-0.05, 0) is 56.3 Å². The van der Waals surface area contributed by atoms with Gasteiger partial charge in [0.2, 0.25) is 0 Å². The van der Waals surface area contributed by atoms with Gasteiger partial charge in [0.1, 0.15) is 11.3 Å². The topological polar surface area (TPSA) is 82.7 Å². The molecule has 0 saturated heterocycles. The summed E-state index contributed by atoms with van der Waals surface area (Å²) in [6.07, 6.45) is 1.64. The van der Waals surface area contributed by atoms with E-state index in [9.17, 15) is 9.59 Å². The predicted molar refractivity (Wildman–Crippen MR) is 121 cm³/mol. The lowest BCUT2D eigenvalue weighted by Gasteiger charge is -2.08. The third-order valence-corrected chi connectivity index (χ3v) is 5.23. The van der Waals surface area contributed by atoms with Crippen molar-refractivity contribution in [2.24, 2.45) is 0 Å². The molecular weight excluding hydrogens is 402 g/mol. The van der Waals surface area contributed by atoms with Crippen molar-refractivity contribution in [2.45, 2.75) is 13.8 Å². The van der Waals surface area contributed by atoms with Crippen molar-refractivity contribution in [3.05, 3.63) is 102 Å². The number of aromatic nitrogens is 5. The van der Waals surface area contributed by atoms with Crippen LogP contribution in [0.2, 0.25) is 0 Å². The Labute approximate surface area is 184 Å². The van der Waals surface area contributed by atoms with Crippen LogP contribution in [0.4, 0.5) is 0 Å². The van der Waals surface area contributed by atoms with Crippen molar-refractivity contribution in [1.82, 2.24) is 24.3 Å². The lowest BCUT2D eigenvalue weighted by atomic mass is 10.1. The third-order valence-electron chi connectivity index (χ3n) is 5.23. The summed E-state index contributed by atoms with van der Waals surface area (Å²) in [5.41, 5.74) is 4.40. The molecule has 5 aromatic rings. The summed E-state index contributed by atoms with van der Waals surface area (Å²) in [5.74, 6) is 0.0416. The van der Waals surface area contributed by atoms with Crippen molar-refractivity contribution in [1.29, 1.82) is 0 Å². The quantitative estimate of drug-likeness (QED) is 0.434. The molecule has 0 aliphatic heterocycles. The fourth-order valence-corrected chi connectivity index (χ4v) is 3.73. The van der Waals surface area contributed by atoms with Crippen LogP contribution in [0.15, 0.2) is 79.0 Å². The molecule has 7 heteroatoms. The lowest BCUT2D eigenvalue weighted by molar-refractivity contribution is 0.0939. The molecule has 0 fully saturated rings. The van der Waals surface area contributed by atoms with E-state index in [-0.39, 0.29) is 11.8 Å². The number of fused-ring (bicyclic) bond motifs is 1. The van der Waals surface area contributed by atoms with Gasteiger partial charge in [0.05, 0.1) is 5.69 Å². The minimum Gasteiger partial charge on any atom is -0.268 e. The molecule has 0 N–H and O–H groups in total. The summed E-state index contributed by atoms with van der Waals surface area (Å²) in [5, 5.41) is 4.26. The number of rotatable bonds is 3. The second-order valence-corrected chi connectivity index (χ2v) is 7.51. The molecule has 0 saturated carbocycles. The number of imidazole rings is 1. The minimum absolute atomic E-state index is 0.210. The minimum atomic E-state index is -0.218. The van der Waals surface area contributed by atoms with Crippen molar-refractivity contribution >= 4 is 23.0 Å². The average molecular weight is 421 g/mol. The van der Waals surface area contributed by atoms with E-state index < -0.39 is 0 Å². The van der Waals surface area contributed by atoms with E-state index in [4.69, 9.17) is 0 Å². The zero-order chi connectivity index (χ0) is 22.2. The molecule has 0 aliphatic carbocycles. The van der Waals surface area contributed by atoms with Gasteiger partial charge in [-0.3, -0.25) is 9.59 Å². The highest BCUT2D eigenvalue weighted by molar-refractivity contribution is 6.03. The summed E-state index contributed by atoms with van der Waals surface area (Å²) in [6.45, 7) is 3.69.